The highest BCUT2D eigenvalue weighted by atomic mass is 16.2. The second-order valence-corrected chi connectivity index (χ2v) is 9.71. The van der Waals surface area contributed by atoms with Crippen LogP contribution in [0.3, 0.4) is 0 Å². The number of fused-ring (bicyclic) bond motifs is 3. The lowest BCUT2D eigenvalue weighted by molar-refractivity contribution is 0.0785. The Morgan fingerprint density at radius 1 is 1.00 bits per heavy atom. The highest BCUT2D eigenvalue weighted by Crippen LogP contribution is 2.50. The van der Waals surface area contributed by atoms with Crippen LogP contribution < -0.4 is 5.32 Å². The average molecular weight is 437 g/mol. The number of allylic oxidation sites excluding steroid dienone is 2. The summed E-state index contributed by atoms with van der Waals surface area (Å²) in [5.74, 6) is 1.37. The maximum atomic E-state index is 13.5. The monoisotopic (exact) mass is 436 g/mol. The predicted molar refractivity (Wildman–Crippen MR) is 136 cm³/mol. The molecule has 0 radical (unpaired) electrons. The van der Waals surface area contributed by atoms with Crippen molar-refractivity contribution in [3.05, 3.63) is 113 Å². The zero-order valence-electron chi connectivity index (χ0n) is 19.7. The number of carbonyl (C=O) groups excluding carboxylic acids is 1. The Morgan fingerprint density at radius 3 is 2.48 bits per heavy atom. The Hall–Kier alpha value is -3.33. The fraction of sp³-hybridized carbons (Fsp3) is 0.300. The lowest BCUT2D eigenvalue weighted by Crippen LogP contribution is -2.32. The Kier molecular flexibility index (Phi) is 5.80. The Balaban J connectivity index is 1.48. The van der Waals surface area contributed by atoms with Crippen molar-refractivity contribution in [3.8, 4) is 0 Å². The standard InChI is InChI=1S/C30H32N2O/c1-20(2)22-15-17-23(18-16-22)28-25-12-7-11-24(25)26-13-8-14-27(29(26)31-28)30(33)32(3)19-21-9-5-4-6-10-21/h4-11,13-18,20,24-25,28,31H,12,19H2,1-3H3. The zero-order valence-corrected chi connectivity index (χ0v) is 19.7. The first kappa shape index (κ1) is 21.5. The molecule has 2 aliphatic rings. The minimum absolute atomic E-state index is 0.0533. The number of nitrogens with zero attached hydrogens (tertiary/aromatic N) is 1. The normalized spacial score (nSPS) is 20.8. The fourth-order valence-corrected chi connectivity index (χ4v) is 5.35. The number of para-hydroxylation sites is 1. The summed E-state index contributed by atoms with van der Waals surface area (Å²) in [7, 11) is 1.89. The third kappa shape index (κ3) is 4.08. The molecule has 33 heavy (non-hydrogen) atoms. The Bertz CT molecular complexity index is 1160. The van der Waals surface area contributed by atoms with E-state index in [9.17, 15) is 4.79 Å². The number of hydrogen-bond donors (Lipinski definition) is 1. The quantitative estimate of drug-likeness (QED) is 0.441. The van der Waals surface area contributed by atoms with E-state index >= 15 is 0 Å². The molecule has 3 nitrogen and oxygen atoms in total. The number of benzene rings is 3. The smallest absolute Gasteiger partial charge is 0.256 e. The van der Waals surface area contributed by atoms with Gasteiger partial charge in [-0.2, -0.15) is 0 Å². The summed E-state index contributed by atoms with van der Waals surface area (Å²) >= 11 is 0. The van der Waals surface area contributed by atoms with Crippen LogP contribution in [0, 0.1) is 5.92 Å². The molecule has 5 rings (SSSR count). The van der Waals surface area contributed by atoms with Gasteiger partial charge in [-0.25, -0.2) is 0 Å². The first-order chi connectivity index (χ1) is 16.0. The van der Waals surface area contributed by atoms with Crippen molar-refractivity contribution in [1.29, 1.82) is 0 Å². The van der Waals surface area contributed by atoms with Gasteiger partial charge in [0.25, 0.3) is 5.91 Å². The van der Waals surface area contributed by atoms with Crippen molar-refractivity contribution in [2.75, 3.05) is 12.4 Å². The van der Waals surface area contributed by atoms with Gasteiger partial charge in [0.1, 0.15) is 0 Å². The fourth-order valence-electron chi connectivity index (χ4n) is 5.35. The largest absolute Gasteiger partial charge is 0.377 e. The molecule has 3 aromatic rings. The van der Waals surface area contributed by atoms with Gasteiger partial charge < -0.3 is 10.2 Å². The molecule has 0 spiro atoms. The molecular formula is C30H32N2O. The van der Waals surface area contributed by atoms with E-state index < -0.39 is 0 Å². The van der Waals surface area contributed by atoms with E-state index in [-0.39, 0.29) is 11.9 Å². The Morgan fingerprint density at radius 2 is 1.76 bits per heavy atom. The zero-order chi connectivity index (χ0) is 22.9. The molecule has 0 saturated carbocycles. The molecule has 1 aliphatic carbocycles. The van der Waals surface area contributed by atoms with E-state index in [1.165, 1.54) is 16.7 Å². The molecule has 0 fully saturated rings. The van der Waals surface area contributed by atoms with Gasteiger partial charge in [0.15, 0.2) is 0 Å². The van der Waals surface area contributed by atoms with Gasteiger partial charge in [-0.1, -0.05) is 92.7 Å². The second-order valence-electron chi connectivity index (χ2n) is 9.71. The number of rotatable bonds is 5. The van der Waals surface area contributed by atoms with Crippen LogP contribution in [-0.2, 0) is 6.54 Å². The minimum Gasteiger partial charge on any atom is -0.377 e. The van der Waals surface area contributed by atoms with Crippen LogP contribution in [0.5, 0.6) is 0 Å². The molecule has 3 unspecified atom stereocenters. The van der Waals surface area contributed by atoms with Gasteiger partial charge in [0.2, 0.25) is 0 Å². The lowest BCUT2D eigenvalue weighted by Gasteiger charge is -2.38. The molecule has 0 bridgehead atoms. The van der Waals surface area contributed by atoms with Gasteiger partial charge in [-0.15, -0.1) is 0 Å². The molecule has 1 N–H and O–H groups in total. The first-order valence-corrected chi connectivity index (χ1v) is 12.0. The minimum atomic E-state index is 0.0533. The van der Waals surface area contributed by atoms with Crippen molar-refractivity contribution >= 4 is 11.6 Å². The van der Waals surface area contributed by atoms with Gasteiger partial charge in [0.05, 0.1) is 17.3 Å². The van der Waals surface area contributed by atoms with E-state index in [2.05, 4.69) is 73.8 Å². The third-order valence-corrected chi connectivity index (χ3v) is 7.20. The molecule has 3 aromatic carbocycles. The average Bonchev–Trinajstić information content (AvgIpc) is 3.34. The van der Waals surface area contributed by atoms with Crippen LogP contribution in [-0.4, -0.2) is 17.9 Å². The number of carbonyl (C=O) groups is 1. The van der Waals surface area contributed by atoms with Crippen LogP contribution in [0.2, 0.25) is 0 Å². The molecule has 1 heterocycles. The lowest BCUT2D eigenvalue weighted by atomic mass is 9.76. The second kappa shape index (κ2) is 8.90. The van der Waals surface area contributed by atoms with Crippen LogP contribution in [0.25, 0.3) is 0 Å². The summed E-state index contributed by atoms with van der Waals surface area (Å²) in [4.78, 5) is 15.4. The summed E-state index contributed by atoms with van der Waals surface area (Å²) in [6, 6.07) is 25.6. The summed E-state index contributed by atoms with van der Waals surface area (Å²) in [5, 5.41) is 3.81. The van der Waals surface area contributed by atoms with E-state index in [4.69, 9.17) is 0 Å². The molecule has 3 heteroatoms. The molecule has 1 aliphatic heterocycles. The van der Waals surface area contributed by atoms with E-state index in [1.807, 2.05) is 42.3 Å². The SMILES string of the molecule is CC(C)c1ccc(C2Nc3c(C(=O)N(C)Cc4ccccc4)cccc3C3C=CCC32)cc1. The molecular weight excluding hydrogens is 404 g/mol. The topological polar surface area (TPSA) is 32.3 Å². The number of anilines is 1. The summed E-state index contributed by atoms with van der Waals surface area (Å²) in [6.45, 7) is 5.05. The maximum Gasteiger partial charge on any atom is 0.256 e. The predicted octanol–water partition coefficient (Wildman–Crippen LogP) is 6.91. The summed E-state index contributed by atoms with van der Waals surface area (Å²) in [6.07, 6.45) is 5.69. The third-order valence-electron chi connectivity index (χ3n) is 7.20. The maximum absolute atomic E-state index is 13.5. The van der Waals surface area contributed by atoms with Crippen molar-refractivity contribution in [2.45, 2.75) is 44.7 Å². The summed E-state index contributed by atoms with van der Waals surface area (Å²) in [5.41, 5.74) is 6.77. The van der Waals surface area contributed by atoms with Crippen LogP contribution in [0.15, 0.2) is 84.9 Å². The Labute approximate surface area is 197 Å². The van der Waals surface area contributed by atoms with Crippen LogP contribution in [0.1, 0.15) is 70.8 Å². The van der Waals surface area contributed by atoms with Gasteiger partial charge in [0, 0.05) is 19.5 Å². The molecule has 3 atom stereocenters. The van der Waals surface area contributed by atoms with Crippen molar-refractivity contribution < 1.29 is 4.79 Å². The van der Waals surface area contributed by atoms with E-state index in [0.717, 1.165) is 23.2 Å². The molecule has 0 aromatic heterocycles. The number of nitrogens with one attached hydrogen (secondary N) is 1. The molecule has 168 valence electrons. The van der Waals surface area contributed by atoms with Crippen molar-refractivity contribution in [3.63, 3.8) is 0 Å². The van der Waals surface area contributed by atoms with Crippen LogP contribution in [0.4, 0.5) is 5.69 Å². The highest BCUT2D eigenvalue weighted by Gasteiger charge is 2.39. The highest BCUT2D eigenvalue weighted by molar-refractivity contribution is 6.00. The first-order valence-electron chi connectivity index (χ1n) is 12.0. The van der Waals surface area contributed by atoms with E-state index in [1.54, 1.807) is 0 Å². The van der Waals surface area contributed by atoms with Gasteiger partial charge >= 0.3 is 0 Å². The number of hydrogen-bond acceptors (Lipinski definition) is 2. The van der Waals surface area contributed by atoms with Crippen molar-refractivity contribution in [1.82, 2.24) is 4.90 Å². The molecule has 0 saturated heterocycles. The van der Waals surface area contributed by atoms with Gasteiger partial charge in [-0.3, -0.25) is 4.79 Å². The van der Waals surface area contributed by atoms with Gasteiger partial charge in [-0.05, 0) is 46.6 Å². The van der Waals surface area contributed by atoms with E-state index in [0.29, 0.717) is 24.3 Å². The van der Waals surface area contributed by atoms with Crippen LogP contribution >= 0.6 is 0 Å². The molecule has 1 amide bonds. The summed E-state index contributed by atoms with van der Waals surface area (Å²) < 4.78 is 0. The van der Waals surface area contributed by atoms with Crippen molar-refractivity contribution in [2.24, 2.45) is 5.92 Å². The number of amides is 1.